The normalized spacial score (nSPS) is 22.2. The molecular weight excluding hydrogens is 384 g/mol. The van der Waals surface area contributed by atoms with Crippen LogP contribution in [0.15, 0.2) is 22.6 Å². The third-order valence-corrected chi connectivity index (χ3v) is 6.38. The third-order valence-electron chi connectivity index (χ3n) is 6.38. The predicted molar refractivity (Wildman–Crippen MR) is 115 cm³/mol. The molecule has 30 heavy (non-hydrogen) atoms. The quantitative estimate of drug-likeness (QED) is 0.744. The number of methoxy groups -OCH3 is 1. The molecule has 8 heteroatoms. The second kappa shape index (κ2) is 8.81. The lowest BCUT2D eigenvalue weighted by molar-refractivity contribution is -0.123. The highest BCUT2D eigenvalue weighted by Gasteiger charge is 2.32. The van der Waals surface area contributed by atoms with Crippen LogP contribution in [0, 0.1) is 5.92 Å². The number of carbonyl (C=O) groups excluding carboxylic acids is 1. The van der Waals surface area contributed by atoms with Crippen LogP contribution in [0.2, 0.25) is 0 Å². The van der Waals surface area contributed by atoms with E-state index in [4.69, 9.17) is 9.15 Å². The SMILES string of the molecule is COc1ccc2oc(N3CCCC(CC(=O)NCC4(O)CCN(C)CC4)C3)nc2c1. The number of anilines is 1. The van der Waals surface area contributed by atoms with E-state index in [0.29, 0.717) is 31.8 Å². The number of rotatable bonds is 6. The van der Waals surface area contributed by atoms with E-state index in [9.17, 15) is 9.90 Å². The van der Waals surface area contributed by atoms with Crippen molar-refractivity contribution in [3.8, 4) is 5.75 Å². The maximum atomic E-state index is 12.5. The van der Waals surface area contributed by atoms with Gasteiger partial charge in [-0.05, 0) is 50.8 Å². The molecule has 1 aromatic heterocycles. The van der Waals surface area contributed by atoms with Gasteiger partial charge in [0.2, 0.25) is 5.91 Å². The van der Waals surface area contributed by atoms with E-state index in [0.717, 1.165) is 55.9 Å². The number of aromatic nitrogens is 1. The number of oxazole rings is 1. The molecule has 1 amide bonds. The number of ether oxygens (including phenoxy) is 1. The predicted octanol–water partition coefficient (Wildman–Crippen LogP) is 2.02. The number of benzene rings is 1. The van der Waals surface area contributed by atoms with Crippen molar-refractivity contribution in [3.05, 3.63) is 18.2 Å². The van der Waals surface area contributed by atoms with Crippen LogP contribution in [0.1, 0.15) is 32.1 Å². The first kappa shape index (κ1) is 20.9. The number of nitrogens with one attached hydrogen (secondary N) is 1. The van der Waals surface area contributed by atoms with Crippen molar-refractivity contribution in [2.24, 2.45) is 5.92 Å². The van der Waals surface area contributed by atoms with Crippen LogP contribution in [0.25, 0.3) is 11.1 Å². The molecule has 8 nitrogen and oxygen atoms in total. The highest BCUT2D eigenvalue weighted by atomic mass is 16.5. The fourth-order valence-corrected chi connectivity index (χ4v) is 4.37. The van der Waals surface area contributed by atoms with Crippen LogP contribution in [0.5, 0.6) is 5.75 Å². The largest absolute Gasteiger partial charge is 0.497 e. The van der Waals surface area contributed by atoms with Gasteiger partial charge in [0.25, 0.3) is 6.01 Å². The maximum Gasteiger partial charge on any atom is 0.298 e. The van der Waals surface area contributed by atoms with E-state index < -0.39 is 5.60 Å². The molecule has 2 aromatic rings. The Kier molecular flexibility index (Phi) is 6.15. The van der Waals surface area contributed by atoms with Gasteiger partial charge in [-0.1, -0.05) is 0 Å². The molecule has 164 valence electrons. The lowest BCUT2D eigenvalue weighted by atomic mass is 9.91. The monoisotopic (exact) mass is 416 g/mol. The Labute approximate surface area is 177 Å². The molecule has 1 aromatic carbocycles. The molecule has 1 unspecified atom stereocenters. The van der Waals surface area contributed by atoms with Crippen LogP contribution in [0.3, 0.4) is 0 Å². The molecule has 2 aliphatic rings. The number of hydrogen-bond acceptors (Lipinski definition) is 7. The summed E-state index contributed by atoms with van der Waals surface area (Å²) >= 11 is 0. The number of amides is 1. The Morgan fingerprint density at radius 2 is 2.17 bits per heavy atom. The molecule has 0 spiro atoms. The Morgan fingerprint density at radius 1 is 1.37 bits per heavy atom. The summed E-state index contributed by atoms with van der Waals surface area (Å²) < 4.78 is 11.2. The van der Waals surface area contributed by atoms with E-state index in [1.54, 1.807) is 7.11 Å². The van der Waals surface area contributed by atoms with E-state index >= 15 is 0 Å². The Hall–Kier alpha value is -2.32. The maximum absolute atomic E-state index is 12.5. The highest BCUT2D eigenvalue weighted by molar-refractivity contribution is 5.77. The molecule has 2 saturated heterocycles. The molecule has 3 heterocycles. The standard InChI is InChI=1S/C22H32N4O4/c1-25-10-7-22(28,8-11-25)15-23-20(27)12-16-4-3-9-26(14-16)21-24-18-13-17(29-2)5-6-19(18)30-21/h5-6,13,16,28H,3-4,7-12,14-15H2,1-2H3,(H,23,27). The Balaban J connectivity index is 1.31. The van der Waals surface area contributed by atoms with Crippen molar-refractivity contribution in [1.82, 2.24) is 15.2 Å². The number of likely N-dealkylation sites (tertiary alicyclic amines) is 1. The van der Waals surface area contributed by atoms with Crippen LogP contribution in [0.4, 0.5) is 6.01 Å². The van der Waals surface area contributed by atoms with Gasteiger partial charge < -0.3 is 29.4 Å². The van der Waals surface area contributed by atoms with Crippen LogP contribution >= 0.6 is 0 Å². The lowest BCUT2D eigenvalue weighted by Gasteiger charge is -2.36. The first-order valence-electron chi connectivity index (χ1n) is 10.8. The molecule has 0 aliphatic carbocycles. The van der Waals surface area contributed by atoms with Gasteiger partial charge >= 0.3 is 0 Å². The van der Waals surface area contributed by atoms with Crippen molar-refractivity contribution in [1.29, 1.82) is 0 Å². The number of aliphatic hydroxyl groups is 1. The summed E-state index contributed by atoms with van der Waals surface area (Å²) in [6.45, 7) is 3.67. The summed E-state index contributed by atoms with van der Waals surface area (Å²) in [5.74, 6) is 1.01. The van der Waals surface area contributed by atoms with Gasteiger partial charge in [-0.15, -0.1) is 0 Å². The second-order valence-corrected chi connectivity index (χ2v) is 8.79. The zero-order valence-electron chi connectivity index (χ0n) is 17.9. The van der Waals surface area contributed by atoms with Gasteiger partial charge in [-0.3, -0.25) is 4.79 Å². The fraction of sp³-hybridized carbons (Fsp3) is 0.636. The summed E-state index contributed by atoms with van der Waals surface area (Å²) in [5, 5.41) is 13.6. The summed E-state index contributed by atoms with van der Waals surface area (Å²) in [5.41, 5.74) is 0.729. The molecule has 2 aliphatic heterocycles. The summed E-state index contributed by atoms with van der Waals surface area (Å²) in [7, 11) is 3.69. The van der Waals surface area contributed by atoms with Gasteiger partial charge in [0, 0.05) is 45.2 Å². The number of nitrogens with zero attached hydrogens (tertiary/aromatic N) is 3. The highest BCUT2D eigenvalue weighted by Crippen LogP contribution is 2.29. The van der Waals surface area contributed by atoms with Crippen molar-refractivity contribution in [3.63, 3.8) is 0 Å². The van der Waals surface area contributed by atoms with Crippen molar-refractivity contribution >= 4 is 23.0 Å². The molecule has 2 fully saturated rings. The smallest absolute Gasteiger partial charge is 0.298 e. The topological polar surface area (TPSA) is 91.1 Å². The van der Waals surface area contributed by atoms with Gasteiger partial charge in [-0.25, -0.2) is 0 Å². The number of piperidine rings is 2. The molecule has 0 bridgehead atoms. The second-order valence-electron chi connectivity index (χ2n) is 8.79. The number of fused-ring (bicyclic) bond motifs is 1. The van der Waals surface area contributed by atoms with Crippen molar-refractivity contribution in [2.75, 3.05) is 51.8 Å². The van der Waals surface area contributed by atoms with E-state index in [1.165, 1.54) is 0 Å². The van der Waals surface area contributed by atoms with Crippen LogP contribution < -0.4 is 15.0 Å². The molecule has 4 rings (SSSR count). The van der Waals surface area contributed by atoms with E-state index in [-0.39, 0.29) is 11.8 Å². The first-order chi connectivity index (χ1) is 14.4. The summed E-state index contributed by atoms with van der Waals surface area (Å²) in [6.07, 6.45) is 3.86. The minimum atomic E-state index is -0.778. The van der Waals surface area contributed by atoms with E-state index in [1.807, 2.05) is 18.2 Å². The zero-order valence-corrected chi connectivity index (χ0v) is 17.9. The number of hydrogen-bond donors (Lipinski definition) is 2. The third kappa shape index (κ3) is 4.87. The van der Waals surface area contributed by atoms with Gasteiger partial charge in [0.05, 0.1) is 12.7 Å². The molecule has 2 N–H and O–H groups in total. The number of carbonyl (C=O) groups is 1. The van der Waals surface area contributed by atoms with Gasteiger partial charge in [0.1, 0.15) is 11.3 Å². The zero-order chi connectivity index (χ0) is 21.1. The molecule has 0 saturated carbocycles. The van der Waals surface area contributed by atoms with Crippen molar-refractivity contribution < 1.29 is 19.1 Å². The molecular formula is C22H32N4O4. The minimum Gasteiger partial charge on any atom is -0.497 e. The fourth-order valence-electron chi connectivity index (χ4n) is 4.37. The summed E-state index contributed by atoms with van der Waals surface area (Å²) in [4.78, 5) is 21.5. The average molecular weight is 417 g/mol. The first-order valence-corrected chi connectivity index (χ1v) is 10.8. The Morgan fingerprint density at radius 3 is 2.93 bits per heavy atom. The minimum absolute atomic E-state index is 0.0107. The summed E-state index contributed by atoms with van der Waals surface area (Å²) in [6, 6.07) is 6.20. The van der Waals surface area contributed by atoms with Crippen LogP contribution in [-0.2, 0) is 4.79 Å². The average Bonchev–Trinajstić information content (AvgIpc) is 3.18. The molecule has 0 radical (unpaired) electrons. The van der Waals surface area contributed by atoms with E-state index in [2.05, 4.69) is 27.1 Å². The Bertz CT molecular complexity index is 875. The van der Waals surface area contributed by atoms with Crippen LogP contribution in [-0.4, -0.2) is 73.4 Å². The van der Waals surface area contributed by atoms with Gasteiger partial charge in [0.15, 0.2) is 5.58 Å². The lowest BCUT2D eigenvalue weighted by Crippen LogP contribution is -2.50. The van der Waals surface area contributed by atoms with Gasteiger partial charge in [-0.2, -0.15) is 4.98 Å². The molecule has 1 atom stereocenters. The van der Waals surface area contributed by atoms with Crippen molar-refractivity contribution in [2.45, 2.75) is 37.7 Å².